The summed E-state index contributed by atoms with van der Waals surface area (Å²) in [5.74, 6) is 0. The number of aromatic nitrogens is 1. The van der Waals surface area contributed by atoms with Gasteiger partial charge in [-0.2, -0.15) is 0 Å². The van der Waals surface area contributed by atoms with Crippen LogP contribution in [0.4, 0.5) is 0 Å². The number of pyridine rings is 1. The second-order valence-corrected chi connectivity index (χ2v) is 2.58. The third kappa shape index (κ3) is 2.45. The van der Waals surface area contributed by atoms with E-state index >= 15 is 0 Å². The van der Waals surface area contributed by atoms with Crippen LogP contribution >= 0.6 is 0 Å². The molecular formula is C11H9LiN. The van der Waals surface area contributed by atoms with Crippen molar-refractivity contribution in [1.29, 1.82) is 0 Å². The van der Waals surface area contributed by atoms with E-state index in [1.165, 1.54) is 0 Å². The first-order valence-corrected chi connectivity index (χ1v) is 3.93. The standard InChI is InChI=1S/C11H9N.Li/c1-2-6-10(7-3-1)11-8-4-5-9-12-11;/h1-9H;. The monoisotopic (exact) mass is 162 g/mol. The predicted molar refractivity (Wildman–Crippen MR) is 55.4 cm³/mol. The van der Waals surface area contributed by atoms with Gasteiger partial charge in [-0.3, -0.25) is 4.98 Å². The van der Waals surface area contributed by atoms with E-state index in [0.29, 0.717) is 0 Å². The molecule has 1 nitrogen and oxygen atoms in total. The molecule has 0 fully saturated rings. The summed E-state index contributed by atoms with van der Waals surface area (Å²) in [4.78, 5) is 4.25. The third-order valence-electron chi connectivity index (χ3n) is 1.73. The van der Waals surface area contributed by atoms with Crippen LogP contribution in [0.2, 0.25) is 0 Å². The second-order valence-electron chi connectivity index (χ2n) is 2.58. The predicted octanol–water partition coefficient (Wildman–Crippen LogP) is 2.37. The zero-order valence-corrected chi connectivity index (χ0v) is 7.64. The van der Waals surface area contributed by atoms with Gasteiger partial charge in [0, 0.05) is 30.6 Å². The van der Waals surface area contributed by atoms with Crippen molar-refractivity contribution < 1.29 is 0 Å². The van der Waals surface area contributed by atoms with Gasteiger partial charge in [0.25, 0.3) is 0 Å². The molecule has 1 aromatic carbocycles. The van der Waals surface area contributed by atoms with Crippen LogP contribution in [-0.2, 0) is 0 Å². The van der Waals surface area contributed by atoms with Crippen LogP contribution in [0.15, 0.2) is 54.7 Å². The van der Waals surface area contributed by atoms with E-state index in [4.69, 9.17) is 0 Å². The van der Waals surface area contributed by atoms with Crippen molar-refractivity contribution in [2.75, 3.05) is 0 Å². The number of nitrogens with zero attached hydrogens (tertiary/aromatic N) is 1. The summed E-state index contributed by atoms with van der Waals surface area (Å²) < 4.78 is 0. The third-order valence-corrected chi connectivity index (χ3v) is 1.73. The summed E-state index contributed by atoms with van der Waals surface area (Å²) in [6, 6.07) is 16.1. The van der Waals surface area contributed by atoms with Gasteiger partial charge in [0.05, 0.1) is 5.69 Å². The minimum Gasteiger partial charge on any atom is -0.256 e. The van der Waals surface area contributed by atoms with Gasteiger partial charge in [0.2, 0.25) is 0 Å². The molecule has 1 aromatic heterocycles. The molecule has 0 aliphatic carbocycles. The molecule has 0 atom stereocenters. The zero-order chi connectivity index (χ0) is 8.23. The van der Waals surface area contributed by atoms with Crippen molar-refractivity contribution in [1.82, 2.24) is 4.98 Å². The van der Waals surface area contributed by atoms with Crippen molar-refractivity contribution in [3.8, 4) is 11.3 Å². The number of hydrogen-bond acceptors (Lipinski definition) is 1. The Labute approximate surface area is 90.0 Å². The normalized spacial score (nSPS) is 8.92. The van der Waals surface area contributed by atoms with Gasteiger partial charge >= 0.3 is 0 Å². The van der Waals surface area contributed by atoms with Crippen LogP contribution in [0.3, 0.4) is 0 Å². The maximum absolute atomic E-state index is 4.25. The van der Waals surface area contributed by atoms with E-state index in [9.17, 15) is 0 Å². The summed E-state index contributed by atoms with van der Waals surface area (Å²) in [6.07, 6.45) is 1.81. The Bertz CT molecular complexity index is 307. The van der Waals surface area contributed by atoms with Crippen molar-refractivity contribution in [3.63, 3.8) is 0 Å². The molecule has 2 rings (SSSR count). The van der Waals surface area contributed by atoms with Crippen LogP contribution in [-0.4, -0.2) is 23.8 Å². The molecule has 0 aliphatic heterocycles. The SMILES string of the molecule is [Li].c1ccc(-c2ccccn2)cc1. The average Bonchev–Trinajstić information content (AvgIpc) is 2.21. The molecule has 0 N–H and O–H groups in total. The fraction of sp³-hybridized carbons (Fsp3) is 0. The molecule has 0 aliphatic rings. The largest absolute Gasteiger partial charge is 0.256 e. The van der Waals surface area contributed by atoms with E-state index in [1.54, 1.807) is 0 Å². The topological polar surface area (TPSA) is 12.9 Å². The van der Waals surface area contributed by atoms with Gasteiger partial charge in [-0.05, 0) is 12.1 Å². The number of benzene rings is 1. The molecule has 2 heteroatoms. The summed E-state index contributed by atoms with van der Waals surface area (Å²) in [7, 11) is 0. The summed E-state index contributed by atoms with van der Waals surface area (Å²) in [5.41, 5.74) is 2.19. The first-order valence-electron chi connectivity index (χ1n) is 3.93. The van der Waals surface area contributed by atoms with Crippen LogP contribution in [0.5, 0.6) is 0 Å². The summed E-state index contributed by atoms with van der Waals surface area (Å²) in [6.45, 7) is 0. The van der Waals surface area contributed by atoms with Gasteiger partial charge in [0.15, 0.2) is 0 Å². The van der Waals surface area contributed by atoms with E-state index in [2.05, 4.69) is 17.1 Å². The van der Waals surface area contributed by atoms with Gasteiger partial charge in [-0.25, -0.2) is 0 Å². The molecule has 0 spiro atoms. The molecule has 59 valence electrons. The smallest absolute Gasteiger partial charge is 0.0701 e. The van der Waals surface area contributed by atoms with Gasteiger partial charge in [-0.15, -0.1) is 0 Å². The van der Waals surface area contributed by atoms with E-state index in [1.807, 2.05) is 42.6 Å². The molecule has 0 saturated heterocycles. The van der Waals surface area contributed by atoms with E-state index in [-0.39, 0.29) is 18.9 Å². The molecule has 0 amide bonds. The number of hydrogen-bond donors (Lipinski definition) is 0. The molecule has 0 unspecified atom stereocenters. The maximum Gasteiger partial charge on any atom is 0.0701 e. The van der Waals surface area contributed by atoms with Crippen molar-refractivity contribution in [2.24, 2.45) is 0 Å². The Hall–Kier alpha value is -1.03. The van der Waals surface area contributed by atoms with Crippen molar-refractivity contribution in [2.45, 2.75) is 0 Å². The van der Waals surface area contributed by atoms with Crippen LogP contribution in [0.25, 0.3) is 11.3 Å². The van der Waals surface area contributed by atoms with Crippen LogP contribution in [0.1, 0.15) is 0 Å². The summed E-state index contributed by atoms with van der Waals surface area (Å²) >= 11 is 0. The maximum atomic E-state index is 4.25. The Kier molecular flexibility index (Phi) is 3.76. The molecule has 1 heterocycles. The molecular weight excluding hydrogens is 153 g/mol. The first-order chi connectivity index (χ1) is 5.97. The van der Waals surface area contributed by atoms with E-state index in [0.717, 1.165) is 11.3 Å². The first kappa shape index (κ1) is 10.1. The van der Waals surface area contributed by atoms with Crippen molar-refractivity contribution in [3.05, 3.63) is 54.7 Å². The minimum absolute atomic E-state index is 0. The zero-order valence-electron chi connectivity index (χ0n) is 7.64. The second kappa shape index (κ2) is 4.86. The molecule has 13 heavy (non-hydrogen) atoms. The average molecular weight is 162 g/mol. The Morgan fingerprint density at radius 1 is 0.769 bits per heavy atom. The van der Waals surface area contributed by atoms with Gasteiger partial charge in [-0.1, -0.05) is 36.4 Å². The van der Waals surface area contributed by atoms with Crippen LogP contribution in [0, 0.1) is 0 Å². The molecule has 1 radical (unpaired) electrons. The number of rotatable bonds is 1. The fourth-order valence-corrected chi connectivity index (χ4v) is 1.14. The minimum atomic E-state index is 0. The Balaban J connectivity index is 0.000000845. The van der Waals surface area contributed by atoms with Crippen molar-refractivity contribution >= 4 is 18.9 Å². The Morgan fingerprint density at radius 2 is 1.46 bits per heavy atom. The molecule has 0 bridgehead atoms. The Morgan fingerprint density at radius 3 is 2.08 bits per heavy atom. The quantitative estimate of drug-likeness (QED) is 0.586. The van der Waals surface area contributed by atoms with Gasteiger partial charge in [0.1, 0.15) is 0 Å². The molecule has 0 saturated carbocycles. The van der Waals surface area contributed by atoms with Gasteiger partial charge < -0.3 is 0 Å². The summed E-state index contributed by atoms with van der Waals surface area (Å²) in [5, 5.41) is 0. The molecule has 2 aromatic rings. The van der Waals surface area contributed by atoms with E-state index < -0.39 is 0 Å². The fourth-order valence-electron chi connectivity index (χ4n) is 1.14. The van der Waals surface area contributed by atoms with Crippen LogP contribution < -0.4 is 0 Å².